The minimum Gasteiger partial charge on any atom is -0.368 e. The number of hydrogen-bond acceptors (Lipinski definition) is 4. The third-order valence-electron chi connectivity index (χ3n) is 2.88. The summed E-state index contributed by atoms with van der Waals surface area (Å²) in [6.45, 7) is 4.36. The monoisotopic (exact) mass is 318 g/mol. The summed E-state index contributed by atoms with van der Waals surface area (Å²) in [6.07, 6.45) is 5.68. The van der Waals surface area contributed by atoms with Gasteiger partial charge in [0.1, 0.15) is 5.82 Å². The fraction of sp³-hybridized carbons (Fsp3) is 0.636. The first-order valence-corrected chi connectivity index (χ1v) is 7.07. The Labute approximate surface area is 115 Å². The SMILES string of the molecule is Clc1ncc(Br)c(NCCN2CCCCC2)n1. The fourth-order valence-electron chi connectivity index (χ4n) is 1.99. The van der Waals surface area contributed by atoms with Gasteiger partial charge in [-0.15, -0.1) is 0 Å². The first-order valence-electron chi connectivity index (χ1n) is 5.90. The van der Waals surface area contributed by atoms with Gasteiger partial charge >= 0.3 is 0 Å². The molecule has 0 aromatic carbocycles. The van der Waals surface area contributed by atoms with Crippen LogP contribution in [0.25, 0.3) is 0 Å². The number of hydrogen-bond donors (Lipinski definition) is 1. The van der Waals surface area contributed by atoms with Crippen molar-refractivity contribution in [3.05, 3.63) is 16.0 Å². The second kappa shape index (κ2) is 6.52. The van der Waals surface area contributed by atoms with Crippen LogP contribution >= 0.6 is 27.5 Å². The van der Waals surface area contributed by atoms with Crippen LogP contribution in [0.1, 0.15) is 19.3 Å². The summed E-state index contributed by atoms with van der Waals surface area (Å²) in [4.78, 5) is 10.5. The fourth-order valence-corrected chi connectivity index (χ4v) is 2.45. The van der Waals surface area contributed by atoms with Gasteiger partial charge in [-0.2, -0.15) is 4.98 Å². The molecule has 1 aromatic heterocycles. The van der Waals surface area contributed by atoms with Gasteiger partial charge in [-0.3, -0.25) is 0 Å². The maximum absolute atomic E-state index is 5.75. The summed E-state index contributed by atoms with van der Waals surface area (Å²) < 4.78 is 0.848. The molecule has 0 bridgehead atoms. The third kappa shape index (κ3) is 4.08. The lowest BCUT2D eigenvalue weighted by molar-refractivity contribution is 0.237. The zero-order valence-electron chi connectivity index (χ0n) is 9.62. The summed E-state index contributed by atoms with van der Waals surface area (Å²) in [5, 5.41) is 3.55. The molecule has 0 spiro atoms. The van der Waals surface area contributed by atoms with Crippen molar-refractivity contribution in [2.45, 2.75) is 19.3 Å². The number of nitrogens with one attached hydrogen (secondary N) is 1. The van der Waals surface area contributed by atoms with Gasteiger partial charge in [0.2, 0.25) is 5.28 Å². The van der Waals surface area contributed by atoms with E-state index in [9.17, 15) is 0 Å². The normalized spacial score (nSPS) is 17.1. The molecule has 1 fully saturated rings. The molecular weight excluding hydrogens is 304 g/mol. The van der Waals surface area contributed by atoms with Crippen LogP contribution < -0.4 is 5.32 Å². The second-order valence-corrected chi connectivity index (χ2v) is 5.36. The molecule has 0 unspecified atom stereocenters. The molecule has 4 nitrogen and oxygen atoms in total. The number of anilines is 1. The number of rotatable bonds is 4. The van der Waals surface area contributed by atoms with Crippen molar-refractivity contribution in [3.63, 3.8) is 0 Å². The highest BCUT2D eigenvalue weighted by molar-refractivity contribution is 9.10. The molecule has 1 aliphatic rings. The largest absolute Gasteiger partial charge is 0.368 e. The van der Waals surface area contributed by atoms with Crippen molar-refractivity contribution in [1.29, 1.82) is 0 Å². The smallest absolute Gasteiger partial charge is 0.224 e. The van der Waals surface area contributed by atoms with Crippen molar-refractivity contribution in [2.75, 3.05) is 31.5 Å². The van der Waals surface area contributed by atoms with Gasteiger partial charge in [0.05, 0.1) is 4.47 Å². The van der Waals surface area contributed by atoms with Crippen LogP contribution in [0, 0.1) is 0 Å². The van der Waals surface area contributed by atoms with E-state index in [4.69, 9.17) is 11.6 Å². The molecule has 6 heteroatoms. The van der Waals surface area contributed by atoms with Crippen molar-refractivity contribution in [2.24, 2.45) is 0 Å². The van der Waals surface area contributed by atoms with Crippen molar-refractivity contribution < 1.29 is 0 Å². The summed E-state index contributed by atoms with van der Waals surface area (Å²) in [6, 6.07) is 0. The number of likely N-dealkylation sites (tertiary alicyclic amines) is 1. The Hall–Kier alpha value is -0.390. The van der Waals surface area contributed by atoms with E-state index in [-0.39, 0.29) is 5.28 Å². The van der Waals surface area contributed by atoms with Gasteiger partial charge in [-0.05, 0) is 53.5 Å². The van der Waals surface area contributed by atoms with Crippen LogP contribution in [0.15, 0.2) is 10.7 Å². The molecule has 2 heterocycles. The Balaban J connectivity index is 1.79. The molecule has 1 saturated heterocycles. The molecule has 0 amide bonds. The maximum atomic E-state index is 5.75. The van der Waals surface area contributed by atoms with Crippen molar-refractivity contribution in [3.8, 4) is 0 Å². The Morgan fingerprint density at radius 2 is 2.12 bits per heavy atom. The molecule has 1 aromatic rings. The summed E-state index contributed by atoms with van der Waals surface area (Å²) in [5.74, 6) is 0.766. The summed E-state index contributed by atoms with van der Waals surface area (Å²) in [7, 11) is 0. The van der Waals surface area contributed by atoms with Crippen LogP contribution in [0.4, 0.5) is 5.82 Å². The van der Waals surface area contributed by atoms with Gasteiger partial charge in [-0.25, -0.2) is 4.98 Å². The van der Waals surface area contributed by atoms with Crippen LogP contribution in [0.5, 0.6) is 0 Å². The molecule has 0 atom stereocenters. The number of piperidine rings is 1. The standard InChI is InChI=1S/C11H16BrClN4/c12-9-8-15-11(13)16-10(9)14-4-7-17-5-2-1-3-6-17/h8H,1-7H2,(H,14,15,16). The predicted octanol–water partition coefficient (Wildman–Crippen LogP) is 2.79. The second-order valence-electron chi connectivity index (χ2n) is 4.16. The van der Waals surface area contributed by atoms with Gasteiger partial charge in [0.15, 0.2) is 0 Å². The zero-order valence-corrected chi connectivity index (χ0v) is 12.0. The number of aromatic nitrogens is 2. The van der Waals surface area contributed by atoms with E-state index in [2.05, 4.69) is 36.1 Å². The average Bonchev–Trinajstić information content (AvgIpc) is 2.35. The number of nitrogens with zero attached hydrogens (tertiary/aromatic N) is 3. The number of halogens is 2. The highest BCUT2D eigenvalue weighted by Gasteiger charge is 2.09. The average molecular weight is 320 g/mol. The Morgan fingerprint density at radius 1 is 1.35 bits per heavy atom. The molecule has 17 heavy (non-hydrogen) atoms. The van der Waals surface area contributed by atoms with Crippen molar-refractivity contribution in [1.82, 2.24) is 14.9 Å². The van der Waals surface area contributed by atoms with Gasteiger partial charge in [0.25, 0.3) is 0 Å². The highest BCUT2D eigenvalue weighted by atomic mass is 79.9. The van der Waals surface area contributed by atoms with Crippen molar-refractivity contribution >= 4 is 33.3 Å². The zero-order chi connectivity index (χ0) is 12.1. The molecule has 0 radical (unpaired) electrons. The summed E-state index contributed by atoms with van der Waals surface area (Å²) >= 11 is 9.15. The van der Waals surface area contributed by atoms with Gasteiger partial charge < -0.3 is 10.2 Å². The van der Waals surface area contributed by atoms with E-state index < -0.39 is 0 Å². The molecule has 1 aliphatic heterocycles. The molecule has 1 N–H and O–H groups in total. The minimum atomic E-state index is 0.272. The van der Waals surface area contributed by atoms with Gasteiger partial charge in [0, 0.05) is 19.3 Å². The van der Waals surface area contributed by atoms with Crippen LogP contribution in [-0.4, -0.2) is 41.0 Å². The third-order valence-corrected chi connectivity index (χ3v) is 3.65. The van der Waals surface area contributed by atoms with E-state index in [1.807, 2.05) is 0 Å². The lowest BCUT2D eigenvalue weighted by Crippen LogP contribution is -2.33. The Kier molecular flexibility index (Phi) is 5.00. The molecule has 2 rings (SSSR count). The lowest BCUT2D eigenvalue weighted by Gasteiger charge is -2.26. The van der Waals surface area contributed by atoms with E-state index in [1.54, 1.807) is 6.20 Å². The van der Waals surface area contributed by atoms with E-state index in [0.29, 0.717) is 0 Å². The first-order chi connectivity index (χ1) is 8.25. The topological polar surface area (TPSA) is 41.1 Å². The minimum absolute atomic E-state index is 0.272. The summed E-state index contributed by atoms with van der Waals surface area (Å²) in [5.41, 5.74) is 0. The predicted molar refractivity (Wildman–Crippen MR) is 73.5 cm³/mol. The van der Waals surface area contributed by atoms with E-state index in [0.717, 1.165) is 23.4 Å². The molecule has 0 aliphatic carbocycles. The molecular formula is C11H16BrClN4. The first kappa shape index (κ1) is 13.1. The molecule has 0 saturated carbocycles. The van der Waals surface area contributed by atoms with Crippen LogP contribution in [0.2, 0.25) is 5.28 Å². The molecule has 94 valence electrons. The van der Waals surface area contributed by atoms with Crippen LogP contribution in [-0.2, 0) is 0 Å². The Morgan fingerprint density at radius 3 is 2.88 bits per heavy atom. The van der Waals surface area contributed by atoms with Crippen LogP contribution in [0.3, 0.4) is 0 Å². The maximum Gasteiger partial charge on any atom is 0.224 e. The van der Waals surface area contributed by atoms with E-state index >= 15 is 0 Å². The Bertz CT molecular complexity index is 368. The highest BCUT2D eigenvalue weighted by Crippen LogP contribution is 2.19. The van der Waals surface area contributed by atoms with E-state index in [1.165, 1.54) is 32.4 Å². The quantitative estimate of drug-likeness (QED) is 0.867. The van der Waals surface area contributed by atoms with Gasteiger partial charge in [-0.1, -0.05) is 6.42 Å². The lowest BCUT2D eigenvalue weighted by atomic mass is 10.1.